The van der Waals surface area contributed by atoms with Gasteiger partial charge >= 0.3 is 0 Å². The van der Waals surface area contributed by atoms with E-state index in [0.717, 1.165) is 11.1 Å². The highest BCUT2D eigenvalue weighted by Gasteiger charge is 2.19. The van der Waals surface area contributed by atoms with Crippen molar-refractivity contribution in [2.75, 3.05) is 18.0 Å². The van der Waals surface area contributed by atoms with E-state index >= 15 is 0 Å². The van der Waals surface area contributed by atoms with Crippen molar-refractivity contribution >= 4 is 17.5 Å². The van der Waals surface area contributed by atoms with E-state index in [0.29, 0.717) is 16.8 Å². The van der Waals surface area contributed by atoms with Gasteiger partial charge in [0.05, 0.1) is 0 Å². The third kappa shape index (κ3) is 5.08. The van der Waals surface area contributed by atoms with Gasteiger partial charge in [0.1, 0.15) is 5.82 Å². The second-order valence-electron chi connectivity index (χ2n) is 6.87. The van der Waals surface area contributed by atoms with E-state index in [2.05, 4.69) is 5.32 Å². The third-order valence-corrected chi connectivity index (χ3v) is 4.69. The number of halogens is 1. The van der Waals surface area contributed by atoms with E-state index in [1.165, 1.54) is 12.1 Å². The molecular formula is C24H23FN2O2. The van der Waals surface area contributed by atoms with E-state index in [4.69, 9.17) is 0 Å². The molecule has 0 aromatic heterocycles. The molecule has 4 nitrogen and oxygen atoms in total. The standard InChI is InChI=1S/C24H23FN2O2/c1-17-7-9-19(10-8-17)23(28)26-15-16-27(21-13-11-20(25)12-14-21)24(29)22-6-4-3-5-18(22)2/h3-14H,15-16H2,1-2H3,(H,26,28). The largest absolute Gasteiger partial charge is 0.350 e. The van der Waals surface area contributed by atoms with Gasteiger partial charge in [0, 0.05) is 29.9 Å². The molecule has 1 N–H and O–H groups in total. The van der Waals surface area contributed by atoms with Crippen LogP contribution in [0.15, 0.2) is 72.8 Å². The second kappa shape index (κ2) is 9.15. The minimum atomic E-state index is -0.371. The Kier molecular flexibility index (Phi) is 6.39. The average Bonchev–Trinajstić information content (AvgIpc) is 2.72. The molecule has 3 aromatic rings. The van der Waals surface area contributed by atoms with Crippen LogP contribution in [0.4, 0.5) is 10.1 Å². The molecule has 0 aliphatic heterocycles. The summed E-state index contributed by atoms with van der Waals surface area (Å²) in [6.45, 7) is 4.35. The maximum Gasteiger partial charge on any atom is 0.258 e. The number of carbonyl (C=O) groups excluding carboxylic acids is 2. The van der Waals surface area contributed by atoms with Crippen molar-refractivity contribution in [3.8, 4) is 0 Å². The fraction of sp³-hybridized carbons (Fsp3) is 0.167. The summed E-state index contributed by atoms with van der Waals surface area (Å²) in [4.78, 5) is 27.1. The molecule has 2 amide bonds. The Labute approximate surface area is 170 Å². The molecular weight excluding hydrogens is 367 g/mol. The summed E-state index contributed by atoms with van der Waals surface area (Å²) in [7, 11) is 0. The van der Waals surface area contributed by atoms with E-state index < -0.39 is 0 Å². The van der Waals surface area contributed by atoms with Crippen molar-refractivity contribution in [2.24, 2.45) is 0 Å². The number of benzene rings is 3. The lowest BCUT2D eigenvalue weighted by Crippen LogP contribution is -2.39. The highest BCUT2D eigenvalue weighted by atomic mass is 19.1. The Hall–Kier alpha value is -3.47. The molecule has 0 atom stereocenters. The Morgan fingerprint density at radius 2 is 1.55 bits per heavy atom. The summed E-state index contributed by atoms with van der Waals surface area (Å²) in [6, 6.07) is 20.4. The highest BCUT2D eigenvalue weighted by Crippen LogP contribution is 2.19. The number of carbonyl (C=O) groups is 2. The van der Waals surface area contributed by atoms with Crippen LogP contribution in [0.5, 0.6) is 0 Å². The predicted molar refractivity (Wildman–Crippen MR) is 113 cm³/mol. The fourth-order valence-corrected chi connectivity index (χ4v) is 3.02. The van der Waals surface area contributed by atoms with Crippen LogP contribution in [0.2, 0.25) is 0 Å². The lowest BCUT2D eigenvalue weighted by atomic mass is 10.1. The van der Waals surface area contributed by atoms with Gasteiger partial charge in [-0.1, -0.05) is 35.9 Å². The number of rotatable bonds is 6. The maximum atomic E-state index is 13.4. The van der Waals surface area contributed by atoms with Gasteiger partial charge in [-0.3, -0.25) is 9.59 Å². The molecule has 0 radical (unpaired) electrons. The topological polar surface area (TPSA) is 49.4 Å². The zero-order valence-electron chi connectivity index (χ0n) is 16.5. The first-order chi connectivity index (χ1) is 14.0. The molecule has 0 fully saturated rings. The zero-order valence-corrected chi connectivity index (χ0v) is 16.5. The lowest BCUT2D eigenvalue weighted by Gasteiger charge is -2.24. The summed E-state index contributed by atoms with van der Waals surface area (Å²) >= 11 is 0. The smallest absolute Gasteiger partial charge is 0.258 e. The zero-order chi connectivity index (χ0) is 20.8. The number of amides is 2. The van der Waals surface area contributed by atoms with Crippen LogP contribution in [-0.4, -0.2) is 24.9 Å². The second-order valence-corrected chi connectivity index (χ2v) is 6.87. The molecule has 3 rings (SSSR count). The molecule has 0 spiro atoms. The Morgan fingerprint density at radius 1 is 0.897 bits per heavy atom. The van der Waals surface area contributed by atoms with Gasteiger partial charge in [0.15, 0.2) is 0 Å². The van der Waals surface area contributed by atoms with Crippen molar-refractivity contribution in [3.05, 3.63) is 101 Å². The molecule has 0 bridgehead atoms. The SMILES string of the molecule is Cc1ccc(C(=O)NCCN(C(=O)c2ccccc2C)c2ccc(F)cc2)cc1. The van der Waals surface area contributed by atoms with Crippen molar-refractivity contribution in [3.63, 3.8) is 0 Å². The first kappa shape index (κ1) is 20.3. The van der Waals surface area contributed by atoms with Gasteiger partial charge in [0.25, 0.3) is 11.8 Å². The van der Waals surface area contributed by atoms with Crippen LogP contribution < -0.4 is 10.2 Å². The molecule has 148 valence electrons. The monoisotopic (exact) mass is 390 g/mol. The van der Waals surface area contributed by atoms with Crippen LogP contribution in [0.3, 0.4) is 0 Å². The van der Waals surface area contributed by atoms with Crippen LogP contribution in [0.25, 0.3) is 0 Å². The van der Waals surface area contributed by atoms with Crippen molar-refractivity contribution in [2.45, 2.75) is 13.8 Å². The van der Waals surface area contributed by atoms with Crippen molar-refractivity contribution < 1.29 is 14.0 Å². The molecule has 0 heterocycles. The lowest BCUT2D eigenvalue weighted by molar-refractivity contribution is 0.0943. The van der Waals surface area contributed by atoms with Gasteiger partial charge < -0.3 is 10.2 Å². The highest BCUT2D eigenvalue weighted by molar-refractivity contribution is 6.07. The number of anilines is 1. The van der Waals surface area contributed by atoms with E-state index in [-0.39, 0.29) is 30.7 Å². The summed E-state index contributed by atoms with van der Waals surface area (Å²) in [5.74, 6) is -0.767. The molecule has 0 saturated heterocycles. The molecule has 0 unspecified atom stereocenters. The van der Waals surface area contributed by atoms with Crippen molar-refractivity contribution in [1.29, 1.82) is 0 Å². The molecule has 0 aliphatic carbocycles. The Balaban J connectivity index is 1.76. The predicted octanol–water partition coefficient (Wildman–Crippen LogP) is 4.52. The molecule has 0 saturated carbocycles. The quantitative estimate of drug-likeness (QED) is 0.673. The average molecular weight is 390 g/mol. The molecule has 29 heavy (non-hydrogen) atoms. The summed E-state index contributed by atoms with van der Waals surface area (Å²) in [5.41, 5.74) is 3.64. The fourth-order valence-electron chi connectivity index (χ4n) is 3.02. The first-order valence-corrected chi connectivity index (χ1v) is 9.43. The van der Waals surface area contributed by atoms with Crippen molar-refractivity contribution in [1.82, 2.24) is 5.32 Å². The Bertz CT molecular complexity index is 998. The van der Waals surface area contributed by atoms with Crippen LogP contribution >= 0.6 is 0 Å². The third-order valence-electron chi connectivity index (χ3n) is 4.69. The normalized spacial score (nSPS) is 10.4. The van der Waals surface area contributed by atoms with Crippen LogP contribution in [0.1, 0.15) is 31.8 Å². The number of nitrogens with one attached hydrogen (secondary N) is 1. The minimum Gasteiger partial charge on any atom is -0.350 e. The first-order valence-electron chi connectivity index (χ1n) is 9.43. The molecule has 5 heteroatoms. The summed E-state index contributed by atoms with van der Waals surface area (Å²) in [5, 5.41) is 2.84. The number of hydrogen-bond donors (Lipinski definition) is 1. The summed E-state index contributed by atoms with van der Waals surface area (Å²) in [6.07, 6.45) is 0. The van der Waals surface area contributed by atoms with E-state index in [1.807, 2.05) is 44.2 Å². The van der Waals surface area contributed by atoms with E-state index in [9.17, 15) is 14.0 Å². The Morgan fingerprint density at radius 3 is 2.21 bits per heavy atom. The van der Waals surface area contributed by atoms with Crippen LogP contribution in [0, 0.1) is 19.7 Å². The van der Waals surface area contributed by atoms with Crippen LogP contribution in [-0.2, 0) is 0 Å². The minimum absolute atomic E-state index is 0.195. The molecule has 0 aliphatic rings. The summed E-state index contributed by atoms with van der Waals surface area (Å²) < 4.78 is 13.4. The van der Waals surface area contributed by atoms with E-state index in [1.54, 1.807) is 35.2 Å². The van der Waals surface area contributed by atoms with Gasteiger partial charge in [-0.25, -0.2) is 4.39 Å². The number of nitrogens with zero attached hydrogens (tertiary/aromatic N) is 1. The van der Waals surface area contributed by atoms with Gasteiger partial charge in [-0.05, 0) is 61.9 Å². The van der Waals surface area contributed by atoms with Gasteiger partial charge in [-0.15, -0.1) is 0 Å². The number of aryl methyl sites for hydroxylation is 2. The maximum absolute atomic E-state index is 13.4. The molecule has 3 aromatic carbocycles. The number of hydrogen-bond acceptors (Lipinski definition) is 2. The van der Waals surface area contributed by atoms with Gasteiger partial charge in [-0.2, -0.15) is 0 Å². The van der Waals surface area contributed by atoms with Gasteiger partial charge in [0.2, 0.25) is 0 Å².